The zero-order chi connectivity index (χ0) is 12.1. The van der Waals surface area contributed by atoms with Crippen LogP contribution in [0, 0.1) is 0 Å². The zero-order valence-electron chi connectivity index (χ0n) is 11.8. The van der Waals surface area contributed by atoms with Crippen molar-refractivity contribution in [3.8, 4) is 0 Å². The molecule has 0 radical (unpaired) electrons. The van der Waals surface area contributed by atoms with Crippen molar-refractivity contribution < 1.29 is 0 Å². The van der Waals surface area contributed by atoms with Crippen LogP contribution in [0.4, 0.5) is 0 Å². The van der Waals surface area contributed by atoms with Gasteiger partial charge in [-0.1, -0.05) is 39.3 Å². The predicted molar refractivity (Wildman–Crippen MR) is 77.6 cm³/mol. The normalized spacial score (nSPS) is 24.8. The van der Waals surface area contributed by atoms with Crippen molar-refractivity contribution in [1.82, 2.24) is 8.46 Å². The third-order valence-electron chi connectivity index (χ3n) is 3.49. The molecule has 1 aliphatic rings. The standard InChI is InChI=1S/C10H28N2Si3/c1-13(2,3)11-9-10-12(14(4,5)6)15(11,7)8/h9-10H2,1-8H3. The molecule has 15 heavy (non-hydrogen) atoms. The van der Waals surface area contributed by atoms with Crippen LogP contribution in [0.3, 0.4) is 0 Å². The molecular formula is C10H28N2Si3. The van der Waals surface area contributed by atoms with Crippen molar-refractivity contribution in [2.75, 3.05) is 13.1 Å². The van der Waals surface area contributed by atoms with E-state index in [2.05, 4.69) is 60.8 Å². The molecule has 0 bridgehead atoms. The molecule has 1 rings (SSSR count). The predicted octanol–water partition coefficient (Wildman–Crippen LogP) is 2.98. The highest BCUT2D eigenvalue weighted by Gasteiger charge is 2.50. The van der Waals surface area contributed by atoms with Crippen molar-refractivity contribution in [1.29, 1.82) is 0 Å². The van der Waals surface area contributed by atoms with E-state index in [9.17, 15) is 0 Å². The molecule has 0 spiro atoms. The van der Waals surface area contributed by atoms with Crippen LogP contribution >= 0.6 is 0 Å². The first-order valence-electron chi connectivity index (χ1n) is 6.03. The molecule has 0 aliphatic carbocycles. The molecule has 5 heteroatoms. The topological polar surface area (TPSA) is 6.48 Å². The highest BCUT2D eigenvalue weighted by Crippen LogP contribution is 2.31. The second kappa shape index (κ2) is 3.80. The van der Waals surface area contributed by atoms with Crippen LogP contribution < -0.4 is 0 Å². The first-order chi connectivity index (χ1) is 6.47. The first-order valence-corrected chi connectivity index (χ1v) is 15.8. The lowest BCUT2D eigenvalue weighted by atomic mass is 10.7. The van der Waals surface area contributed by atoms with Gasteiger partial charge in [-0.2, -0.15) is 0 Å². The van der Waals surface area contributed by atoms with Gasteiger partial charge in [-0.25, -0.2) is 0 Å². The molecule has 1 saturated heterocycles. The Balaban J connectivity index is 2.95. The van der Waals surface area contributed by atoms with E-state index in [-0.39, 0.29) is 0 Å². The van der Waals surface area contributed by atoms with Crippen LogP contribution in [0.25, 0.3) is 0 Å². The summed E-state index contributed by atoms with van der Waals surface area (Å²) in [5.74, 6) is 0. The monoisotopic (exact) mass is 260 g/mol. The summed E-state index contributed by atoms with van der Waals surface area (Å²) in [6.45, 7) is 22.7. The van der Waals surface area contributed by atoms with E-state index in [1.54, 1.807) is 0 Å². The summed E-state index contributed by atoms with van der Waals surface area (Å²) in [5.41, 5.74) is 0. The summed E-state index contributed by atoms with van der Waals surface area (Å²) in [4.78, 5) is 0. The van der Waals surface area contributed by atoms with Crippen molar-refractivity contribution in [3.05, 3.63) is 0 Å². The Morgan fingerprint density at radius 1 is 0.733 bits per heavy atom. The van der Waals surface area contributed by atoms with Crippen LogP contribution in [0.5, 0.6) is 0 Å². The summed E-state index contributed by atoms with van der Waals surface area (Å²) in [6.07, 6.45) is 0. The maximum Gasteiger partial charge on any atom is 0.187 e. The van der Waals surface area contributed by atoms with E-state index < -0.39 is 24.9 Å². The second-order valence-corrected chi connectivity index (χ2v) is 21.9. The van der Waals surface area contributed by atoms with Crippen LogP contribution in [-0.4, -0.2) is 46.4 Å². The van der Waals surface area contributed by atoms with E-state index >= 15 is 0 Å². The smallest absolute Gasteiger partial charge is 0.187 e. The van der Waals surface area contributed by atoms with Gasteiger partial charge in [0, 0.05) is 0 Å². The molecule has 2 nitrogen and oxygen atoms in total. The van der Waals surface area contributed by atoms with Crippen LogP contribution in [-0.2, 0) is 0 Å². The fraction of sp³-hybridized carbons (Fsp3) is 1.00. The Bertz CT molecular complexity index is 216. The molecule has 0 amide bonds. The summed E-state index contributed by atoms with van der Waals surface area (Å²) in [6, 6.07) is 0. The van der Waals surface area contributed by atoms with Gasteiger partial charge in [0.25, 0.3) is 0 Å². The number of rotatable bonds is 2. The third kappa shape index (κ3) is 2.63. The average Bonchev–Trinajstić information content (AvgIpc) is 2.21. The Kier molecular flexibility index (Phi) is 3.45. The molecule has 0 N–H and O–H groups in total. The maximum atomic E-state index is 2.91. The van der Waals surface area contributed by atoms with Crippen LogP contribution in [0.2, 0.25) is 52.4 Å². The highest BCUT2D eigenvalue weighted by molar-refractivity contribution is 6.96. The third-order valence-corrected chi connectivity index (χ3v) is 17.6. The highest BCUT2D eigenvalue weighted by atomic mass is 28.4. The molecule has 0 unspecified atom stereocenters. The van der Waals surface area contributed by atoms with E-state index in [4.69, 9.17) is 0 Å². The van der Waals surface area contributed by atoms with E-state index in [1.807, 2.05) is 0 Å². The summed E-state index contributed by atoms with van der Waals surface area (Å²) in [7, 11) is -3.49. The molecule has 0 aromatic carbocycles. The molecule has 0 aromatic rings. The molecule has 1 fully saturated rings. The van der Waals surface area contributed by atoms with Gasteiger partial charge in [0.05, 0.1) is 0 Å². The maximum absolute atomic E-state index is 2.91. The van der Waals surface area contributed by atoms with Gasteiger partial charge in [-0.05, 0) is 26.2 Å². The largest absolute Gasteiger partial charge is 0.333 e. The first kappa shape index (κ1) is 13.6. The van der Waals surface area contributed by atoms with Crippen LogP contribution in [0.15, 0.2) is 0 Å². The van der Waals surface area contributed by atoms with Crippen molar-refractivity contribution in [2.24, 2.45) is 0 Å². The Morgan fingerprint density at radius 2 is 1.00 bits per heavy atom. The molecule has 0 saturated carbocycles. The molecule has 0 aromatic heterocycles. The molecular weight excluding hydrogens is 232 g/mol. The minimum absolute atomic E-state index is 1.10. The van der Waals surface area contributed by atoms with E-state index in [0.717, 1.165) is 0 Å². The Labute approximate surface area is 99.0 Å². The molecule has 1 aliphatic heterocycles. The van der Waals surface area contributed by atoms with Gasteiger partial charge >= 0.3 is 0 Å². The minimum atomic E-state index is -1.28. The lowest BCUT2D eigenvalue weighted by Crippen LogP contribution is -2.67. The fourth-order valence-corrected chi connectivity index (χ4v) is 20.5. The average molecular weight is 261 g/mol. The van der Waals surface area contributed by atoms with Gasteiger partial charge < -0.3 is 8.46 Å². The number of hydrogen-bond donors (Lipinski definition) is 0. The van der Waals surface area contributed by atoms with E-state index in [0.29, 0.717) is 0 Å². The van der Waals surface area contributed by atoms with Crippen molar-refractivity contribution in [3.63, 3.8) is 0 Å². The summed E-state index contributed by atoms with van der Waals surface area (Å²) in [5, 5.41) is 0. The van der Waals surface area contributed by atoms with Gasteiger partial charge in [-0.3, -0.25) is 0 Å². The lowest BCUT2D eigenvalue weighted by molar-refractivity contribution is 0.654. The number of hydrogen-bond acceptors (Lipinski definition) is 2. The minimum Gasteiger partial charge on any atom is -0.333 e. The summed E-state index contributed by atoms with van der Waals surface area (Å²) < 4.78 is 5.83. The fourth-order valence-electron chi connectivity index (χ4n) is 3.21. The molecule has 0 atom stereocenters. The Hall–Kier alpha value is 0.571. The van der Waals surface area contributed by atoms with E-state index in [1.165, 1.54) is 13.1 Å². The van der Waals surface area contributed by atoms with Crippen molar-refractivity contribution >= 4 is 24.9 Å². The SMILES string of the molecule is C[Si](C)(C)N1CCN([Si](C)(C)C)[Si]1(C)C. The van der Waals surface area contributed by atoms with Gasteiger partial charge in [0.2, 0.25) is 0 Å². The zero-order valence-corrected chi connectivity index (χ0v) is 14.8. The Morgan fingerprint density at radius 3 is 1.13 bits per heavy atom. The lowest BCUT2D eigenvalue weighted by Gasteiger charge is -2.46. The second-order valence-electron chi connectivity index (χ2n) is 7.14. The molecule has 1 heterocycles. The van der Waals surface area contributed by atoms with Gasteiger partial charge in [0.1, 0.15) is 16.5 Å². The quantitative estimate of drug-likeness (QED) is 0.705. The molecule has 90 valence electrons. The van der Waals surface area contributed by atoms with Gasteiger partial charge in [-0.15, -0.1) is 0 Å². The van der Waals surface area contributed by atoms with Gasteiger partial charge in [0.15, 0.2) is 8.40 Å². The summed E-state index contributed by atoms with van der Waals surface area (Å²) >= 11 is 0. The van der Waals surface area contributed by atoms with Crippen LogP contribution in [0.1, 0.15) is 0 Å². The van der Waals surface area contributed by atoms with Crippen molar-refractivity contribution in [2.45, 2.75) is 52.4 Å². The number of nitrogens with zero attached hydrogens (tertiary/aromatic N) is 2.